The molecule has 0 bridgehead atoms. The van der Waals surface area contributed by atoms with E-state index in [-0.39, 0.29) is 5.69 Å². The van der Waals surface area contributed by atoms with Gasteiger partial charge in [0, 0.05) is 12.3 Å². The monoisotopic (exact) mass is 177 g/mol. The average Bonchev–Trinajstić information content (AvgIpc) is 2.48. The van der Waals surface area contributed by atoms with Crippen LogP contribution in [0.5, 0.6) is 0 Å². The molecule has 13 heavy (non-hydrogen) atoms. The maximum atomic E-state index is 10.6. The van der Waals surface area contributed by atoms with E-state index in [9.17, 15) is 10.1 Å². The van der Waals surface area contributed by atoms with Crippen LogP contribution in [-0.4, -0.2) is 14.3 Å². The average molecular weight is 177 g/mol. The van der Waals surface area contributed by atoms with Crippen molar-refractivity contribution < 1.29 is 4.92 Å². The normalized spacial score (nSPS) is 10.5. The highest BCUT2D eigenvalue weighted by Gasteiger charge is 2.14. The first kappa shape index (κ1) is 7.72. The fourth-order valence-electron chi connectivity index (χ4n) is 1.34. The molecular formula is C8H7N3O2. The van der Waals surface area contributed by atoms with Crippen LogP contribution in [0.15, 0.2) is 24.7 Å². The van der Waals surface area contributed by atoms with Gasteiger partial charge >= 0.3 is 0 Å². The van der Waals surface area contributed by atoms with Crippen molar-refractivity contribution in [2.24, 2.45) is 0 Å². The quantitative estimate of drug-likeness (QED) is 0.490. The van der Waals surface area contributed by atoms with Crippen molar-refractivity contribution in [3.8, 4) is 0 Å². The second-order valence-electron chi connectivity index (χ2n) is 2.74. The van der Waals surface area contributed by atoms with Crippen molar-refractivity contribution in [1.29, 1.82) is 0 Å². The summed E-state index contributed by atoms with van der Waals surface area (Å²) in [7, 11) is 0. The number of nitro groups is 1. The lowest BCUT2D eigenvalue weighted by Gasteiger charge is -1.95. The van der Waals surface area contributed by atoms with E-state index >= 15 is 0 Å². The minimum atomic E-state index is -0.399. The molecule has 0 aliphatic heterocycles. The second kappa shape index (κ2) is 2.55. The number of aromatic nitrogens is 2. The van der Waals surface area contributed by atoms with Gasteiger partial charge in [-0.15, -0.1) is 0 Å². The first-order chi connectivity index (χ1) is 6.20. The van der Waals surface area contributed by atoms with E-state index in [0.717, 1.165) is 0 Å². The van der Waals surface area contributed by atoms with Crippen LogP contribution in [0.3, 0.4) is 0 Å². The summed E-state index contributed by atoms with van der Waals surface area (Å²) in [6.07, 6.45) is 3.31. The lowest BCUT2D eigenvalue weighted by molar-refractivity contribution is -0.383. The highest BCUT2D eigenvalue weighted by Crippen LogP contribution is 2.21. The molecule has 0 spiro atoms. The predicted octanol–water partition coefficient (Wildman–Crippen LogP) is 1.55. The van der Waals surface area contributed by atoms with E-state index in [4.69, 9.17) is 0 Å². The number of hydrogen-bond acceptors (Lipinski definition) is 3. The van der Waals surface area contributed by atoms with Crippen molar-refractivity contribution in [3.05, 3.63) is 40.5 Å². The van der Waals surface area contributed by atoms with Gasteiger partial charge in [0.25, 0.3) is 5.69 Å². The summed E-state index contributed by atoms with van der Waals surface area (Å²) >= 11 is 0. The minimum absolute atomic E-state index is 0.0949. The maximum Gasteiger partial charge on any atom is 0.295 e. The Bertz CT molecular complexity index is 475. The third kappa shape index (κ3) is 1.05. The first-order valence-electron chi connectivity index (χ1n) is 3.77. The summed E-state index contributed by atoms with van der Waals surface area (Å²) in [5.74, 6) is 0. The highest BCUT2D eigenvalue weighted by molar-refractivity contribution is 5.67. The van der Waals surface area contributed by atoms with Crippen molar-refractivity contribution in [1.82, 2.24) is 9.38 Å². The molecule has 5 nitrogen and oxygen atoms in total. The molecule has 0 amide bonds. The number of fused-ring (bicyclic) bond motifs is 1. The zero-order chi connectivity index (χ0) is 9.42. The molecule has 0 saturated heterocycles. The van der Waals surface area contributed by atoms with Gasteiger partial charge in [-0.2, -0.15) is 0 Å². The molecule has 0 atom stereocenters. The molecule has 0 aliphatic carbocycles. The topological polar surface area (TPSA) is 60.4 Å². The van der Waals surface area contributed by atoms with Gasteiger partial charge in [0.2, 0.25) is 0 Å². The minimum Gasteiger partial charge on any atom is -0.300 e. The Morgan fingerprint density at radius 2 is 2.38 bits per heavy atom. The molecule has 2 rings (SSSR count). The highest BCUT2D eigenvalue weighted by atomic mass is 16.6. The molecule has 0 unspecified atom stereocenters. The van der Waals surface area contributed by atoms with E-state index < -0.39 is 4.92 Å². The molecule has 0 saturated carbocycles. The van der Waals surface area contributed by atoms with Gasteiger partial charge in [0.15, 0.2) is 0 Å². The van der Waals surface area contributed by atoms with Crippen LogP contribution < -0.4 is 0 Å². The van der Waals surface area contributed by atoms with Gasteiger partial charge in [-0.05, 0) is 13.0 Å². The van der Waals surface area contributed by atoms with Crippen LogP contribution >= 0.6 is 0 Å². The molecule has 5 heteroatoms. The Morgan fingerprint density at radius 3 is 3.08 bits per heavy atom. The fraction of sp³-hybridized carbons (Fsp3) is 0.125. The van der Waals surface area contributed by atoms with Gasteiger partial charge in [0.1, 0.15) is 5.52 Å². The number of hydrogen-bond donors (Lipinski definition) is 0. The molecule has 0 aliphatic rings. The SMILES string of the molecule is Cc1ncn2cccc([N+](=O)[O-])c12. The lowest BCUT2D eigenvalue weighted by Crippen LogP contribution is -1.92. The van der Waals surface area contributed by atoms with Gasteiger partial charge in [-0.1, -0.05) is 0 Å². The Hall–Kier alpha value is -1.91. The molecular weight excluding hydrogens is 170 g/mol. The van der Waals surface area contributed by atoms with Gasteiger partial charge in [-0.3, -0.25) is 10.1 Å². The van der Waals surface area contributed by atoms with Crippen LogP contribution in [0.2, 0.25) is 0 Å². The van der Waals surface area contributed by atoms with E-state index in [1.165, 1.54) is 6.07 Å². The summed E-state index contributed by atoms with van der Waals surface area (Å²) in [5.41, 5.74) is 1.33. The zero-order valence-electron chi connectivity index (χ0n) is 6.97. The van der Waals surface area contributed by atoms with Gasteiger partial charge in [-0.25, -0.2) is 4.98 Å². The second-order valence-corrected chi connectivity index (χ2v) is 2.74. The van der Waals surface area contributed by atoms with E-state index in [2.05, 4.69) is 4.98 Å². The fourth-order valence-corrected chi connectivity index (χ4v) is 1.34. The molecule has 0 N–H and O–H groups in total. The molecule has 2 aromatic heterocycles. The van der Waals surface area contributed by atoms with E-state index in [0.29, 0.717) is 11.2 Å². The zero-order valence-corrected chi connectivity index (χ0v) is 6.97. The summed E-state index contributed by atoms with van der Waals surface area (Å²) in [6, 6.07) is 3.11. The van der Waals surface area contributed by atoms with E-state index in [1.807, 2.05) is 0 Å². The molecule has 0 fully saturated rings. The van der Waals surface area contributed by atoms with Crippen molar-refractivity contribution in [3.63, 3.8) is 0 Å². The van der Waals surface area contributed by atoms with Crippen LogP contribution in [-0.2, 0) is 0 Å². The molecule has 0 radical (unpaired) electrons. The lowest BCUT2D eigenvalue weighted by atomic mass is 10.3. The molecule has 66 valence electrons. The Balaban J connectivity index is 2.88. The van der Waals surface area contributed by atoms with Gasteiger partial charge < -0.3 is 4.40 Å². The number of aryl methyl sites for hydroxylation is 1. The molecule has 0 aromatic carbocycles. The molecule has 2 aromatic rings. The Kier molecular flexibility index (Phi) is 1.51. The van der Waals surface area contributed by atoms with Crippen LogP contribution in [0, 0.1) is 17.0 Å². The maximum absolute atomic E-state index is 10.6. The van der Waals surface area contributed by atoms with Gasteiger partial charge in [0.05, 0.1) is 16.9 Å². The number of rotatable bonds is 1. The number of nitrogens with zero attached hydrogens (tertiary/aromatic N) is 3. The number of pyridine rings is 1. The third-order valence-electron chi connectivity index (χ3n) is 1.92. The van der Waals surface area contributed by atoms with E-state index in [1.54, 1.807) is 29.9 Å². The standard InChI is InChI=1S/C8H7N3O2/c1-6-8-7(11(12)13)3-2-4-10(8)5-9-6/h2-5H,1H3. The Morgan fingerprint density at radius 1 is 1.62 bits per heavy atom. The Labute approximate surface area is 73.8 Å². The van der Waals surface area contributed by atoms with Crippen LogP contribution in [0.4, 0.5) is 5.69 Å². The number of imidazole rings is 1. The van der Waals surface area contributed by atoms with Crippen molar-refractivity contribution in [2.45, 2.75) is 6.92 Å². The summed E-state index contributed by atoms with van der Waals surface area (Å²) in [6.45, 7) is 1.75. The summed E-state index contributed by atoms with van der Waals surface area (Å²) < 4.78 is 1.65. The third-order valence-corrected chi connectivity index (χ3v) is 1.92. The summed E-state index contributed by atoms with van der Waals surface area (Å²) in [5, 5.41) is 10.6. The van der Waals surface area contributed by atoms with Crippen LogP contribution in [0.25, 0.3) is 5.52 Å². The first-order valence-corrected chi connectivity index (χ1v) is 3.77. The largest absolute Gasteiger partial charge is 0.300 e. The van der Waals surface area contributed by atoms with Crippen LogP contribution in [0.1, 0.15) is 5.69 Å². The van der Waals surface area contributed by atoms with Crippen molar-refractivity contribution in [2.75, 3.05) is 0 Å². The molecule has 2 heterocycles. The summed E-state index contributed by atoms with van der Waals surface area (Å²) in [4.78, 5) is 14.2. The predicted molar refractivity (Wildman–Crippen MR) is 46.6 cm³/mol. The van der Waals surface area contributed by atoms with Crippen molar-refractivity contribution >= 4 is 11.2 Å². The smallest absolute Gasteiger partial charge is 0.295 e.